The maximum atomic E-state index is 2.52. The van der Waals surface area contributed by atoms with E-state index in [1.165, 1.54) is 61.9 Å². The standard InChI is InChI=1S/C38H41BN4/c1-37(2,3)28-22-24-40(7)35-33(28)42(26-16-11-9-12-17-26)30-20-15-21-31-32(30)39(35)36-34(43(31)27-18-13-10-14-19-27)29(38(4,5)6)23-25-41(36)8/h9-25H,1-8H3/q+2. The van der Waals surface area contributed by atoms with Gasteiger partial charge in [-0.05, 0) is 63.8 Å². The number of hydrogen-bond acceptors (Lipinski definition) is 2. The van der Waals surface area contributed by atoms with Gasteiger partial charge < -0.3 is 9.80 Å². The minimum atomic E-state index is -0.0521. The summed E-state index contributed by atoms with van der Waals surface area (Å²) in [6.45, 7) is 14.1. The zero-order valence-corrected chi connectivity index (χ0v) is 26.7. The van der Waals surface area contributed by atoms with Crippen molar-refractivity contribution in [3.05, 3.63) is 115 Å². The Morgan fingerprint density at radius 2 is 0.907 bits per heavy atom. The van der Waals surface area contributed by atoms with E-state index in [9.17, 15) is 0 Å². The molecule has 4 nitrogen and oxygen atoms in total. The molecule has 0 spiro atoms. The highest BCUT2D eigenvalue weighted by Crippen LogP contribution is 2.47. The summed E-state index contributed by atoms with van der Waals surface area (Å²) in [7, 11) is 4.44. The van der Waals surface area contributed by atoms with Gasteiger partial charge in [0, 0.05) is 34.9 Å². The molecule has 0 atom stereocenters. The van der Waals surface area contributed by atoms with Gasteiger partial charge in [0.15, 0.2) is 23.6 Å². The highest BCUT2D eigenvalue weighted by atomic mass is 15.2. The summed E-state index contributed by atoms with van der Waals surface area (Å²) in [4.78, 5) is 5.04. The molecule has 3 aromatic carbocycles. The maximum Gasteiger partial charge on any atom is 0.415 e. The van der Waals surface area contributed by atoms with Crippen LogP contribution in [0.15, 0.2) is 103 Å². The van der Waals surface area contributed by atoms with E-state index in [4.69, 9.17) is 0 Å². The number of aryl methyl sites for hydroxylation is 2. The van der Waals surface area contributed by atoms with Crippen LogP contribution in [-0.4, -0.2) is 6.71 Å². The van der Waals surface area contributed by atoms with E-state index in [1.54, 1.807) is 0 Å². The van der Waals surface area contributed by atoms with Crippen LogP contribution >= 0.6 is 0 Å². The number of benzene rings is 3. The van der Waals surface area contributed by atoms with E-state index in [0.717, 1.165) is 0 Å². The Hall–Kier alpha value is -4.38. The molecule has 7 rings (SSSR count). The SMILES string of the molecule is C[n+]1ccc(C(C)(C)C)c2c1B1c3c(cccc3N(c3ccccc3)c3c(C(C)(C)C)cc[n+](C)c31)N2c1ccccc1. The van der Waals surface area contributed by atoms with Crippen LogP contribution in [0.1, 0.15) is 52.7 Å². The van der Waals surface area contributed by atoms with Crippen LogP contribution in [0, 0.1) is 0 Å². The molecule has 0 unspecified atom stereocenters. The van der Waals surface area contributed by atoms with Gasteiger partial charge in [0.05, 0.1) is 0 Å². The second-order valence-electron chi connectivity index (χ2n) is 14.1. The molecule has 0 bridgehead atoms. The molecule has 214 valence electrons. The molecule has 43 heavy (non-hydrogen) atoms. The van der Waals surface area contributed by atoms with Gasteiger partial charge in [-0.2, -0.15) is 0 Å². The van der Waals surface area contributed by atoms with E-state index in [0.29, 0.717) is 0 Å². The molecule has 4 heterocycles. The molecule has 0 saturated carbocycles. The molecule has 0 amide bonds. The summed E-state index contributed by atoms with van der Waals surface area (Å²) >= 11 is 0. The van der Waals surface area contributed by atoms with Crippen molar-refractivity contribution in [3.8, 4) is 0 Å². The van der Waals surface area contributed by atoms with Gasteiger partial charge >= 0.3 is 6.71 Å². The Labute approximate surface area is 256 Å². The maximum absolute atomic E-state index is 2.52. The van der Waals surface area contributed by atoms with Crippen molar-refractivity contribution in [2.75, 3.05) is 9.80 Å². The summed E-state index contributed by atoms with van der Waals surface area (Å²) in [5.74, 6) is 0. The molecule has 0 N–H and O–H groups in total. The van der Waals surface area contributed by atoms with Crippen LogP contribution in [0.25, 0.3) is 0 Å². The number of fused-ring (bicyclic) bond motifs is 4. The van der Waals surface area contributed by atoms with Gasteiger partial charge in [0.25, 0.3) is 0 Å². The Morgan fingerprint density at radius 3 is 1.28 bits per heavy atom. The summed E-state index contributed by atoms with van der Waals surface area (Å²) in [6.07, 6.45) is 4.54. The number of aromatic nitrogens is 2. The molecule has 2 aliphatic heterocycles. The molecule has 0 aliphatic carbocycles. The summed E-state index contributed by atoms with van der Waals surface area (Å²) in [5.41, 5.74) is 14.0. The van der Waals surface area contributed by atoms with E-state index in [2.05, 4.69) is 178 Å². The third-order valence-electron chi connectivity index (χ3n) is 9.15. The predicted molar refractivity (Wildman–Crippen MR) is 180 cm³/mol. The van der Waals surface area contributed by atoms with Crippen molar-refractivity contribution in [2.24, 2.45) is 14.1 Å². The molecule has 5 heteroatoms. The molecule has 2 aliphatic rings. The largest absolute Gasteiger partial charge is 0.415 e. The second kappa shape index (κ2) is 9.57. The van der Waals surface area contributed by atoms with Crippen molar-refractivity contribution < 1.29 is 9.13 Å². The Balaban J connectivity index is 1.69. The van der Waals surface area contributed by atoms with E-state index < -0.39 is 0 Å². The lowest BCUT2D eigenvalue weighted by molar-refractivity contribution is -0.658. The first kappa shape index (κ1) is 27.5. The van der Waals surface area contributed by atoms with Crippen LogP contribution in [0.4, 0.5) is 34.1 Å². The third kappa shape index (κ3) is 4.12. The normalized spacial score (nSPS) is 13.9. The van der Waals surface area contributed by atoms with Crippen LogP contribution in [-0.2, 0) is 24.9 Å². The average Bonchev–Trinajstić information content (AvgIpc) is 2.97. The first-order chi connectivity index (χ1) is 20.5. The minimum absolute atomic E-state index is 0.0516. The Bertz CT molecular complexity index is 1730. The van der Waals surface area contributed by atoms with Gasteiger partial charge in [0.1, 0.15) is 25.5 Å². The predicted octanol–water partition coefficient (Wildman–Crippen LogP) is 6.01. The highest BCUT2D eigenvalue weighted by molar-refractivity contribution is 6.98. The lowest BCUT2D eigenvalue weighted by Gasteiger charge is -2.43. The first-order valence-corrected chi connectivity index (χ1v) is 15.4. The van der Waals surface area contributed by atoms with Crippen LogP contribution in [0.5, 0.6) is 0 Å². The summed E-state index contributed by atoms with van der Waals surface area (Å²) < 4.78 is 4.74. The molecule has 0 fully saturated rings. The lowest BCUT2D eigenvalue weighted by atomic mass is 9.35. The van der Waals surface area contributed by atoms with Gasteiger partial charge in [-0.25, -0.2) is 9.13 Å². The number of hydrogen-bond donors (Lipinski definition) is 0. The molecular formula is C38H41BN4+2. The van der Waals surface area contributed by atoms with E-state index in [-0.39, 0.29) is 17.5 Å². The van der Waals surface area contributed by atoms with Crippen molar-refractivity contribution in [2.45, 2.75) is 52.4 Å². The molecular weight excluding hydrogens is 523 g/mol. The minimum Gasteiger partial charge on any atom is -0.306 e. The quantitative estimate of drug-likeness (QED) is 0.189. The van der Waals surface area contributed by atoms with Gasteiger partial charge in [0.2, 0.25) is 0 Å². The van der Waals surface area contributed by atoms with E-state index in [1.807, 2.05) is 0 Å². The fourth-order valence-corrected chi connectivity index (χ4v) is 7.22. The van der Waals surface area contributed by atoms with Gasteiger partial charge in [-0.1, -0.05) is 84.0 Å². The molecule has 2 aromatic heterocycles. The zero-order valence-electron chi connectivity index (χ0n) is 26.7. The average molecular weight is 565 g/mol. The van der Waals surface area contributed by atoms with Gasteiger partial charge in [-0.3, -0.25) is 0 Å². The van der Waals surface area contributed by atoms with Crippen molar-refractivity contribution in [1.82, 2.24) is 0 Å². The van der Waals surface area contributed by atoms with Crippen LogP contribution in [0.2, 0.25) is 0 Å². The van der Waals surface area contributed by atoms with Crippen molar-refractivity contribution >= 4 is 57.5 Å². The van der Waals surface area contributed by atoms with E-state index >= 15 is 0 Å². The van der Waals surface area contributed by atoms with Crippen LogP contribution < -0.4 is 35.6 Å². The molecule has 0 saturated heterocycles. The second-order valence-corrected chi connectivity index (χ2v) is 14.1. The number of anilines is 6. The number of pyridine rings is 2. The monoisotopic (exact) mass is 564 g/mol. The van der Waals surface area contributed by atoms with Gasteiger partial charge in [-0.15, -0.1) is 0 Å². The third-order valence-corrected chi connectivity index (χ3v) is 9.15. The van der Waals surface area contributed by atoms with Crippen LogP contribution in [0.3, 0.4) is 0 Å². The number of para-hydroxylation sites is 2. The van der Waals surface area contributed by atoms with Crippen molar-refractivity contribution in [3.63, 3.8) is 0 Å². The molecule has 0 radical (unpaired) electrons. The first-order valence-electron chi connectivity index (χ1n) is 15.4. The highest BCUT2D eigenvalue weighted by Gasteiger charge is 2.55. The fourth-order valence-electron chi connectivity index (χ4n) is 7.22. The summed E-state index contributed by atoms with van der Waals surface area (Å²) in [5, 5.41) is 0. The topological polar surface area (TPSA) is 14.2 Å². The number of rotatable bonds is 2. The Kier molecular flexibility index (Phi) is 6.11. The Morgan fingerprint density at radius 1 is 0.512 bits per heavy atom. The van der Waals surface area contributed by atoms with Crippen molar-refractivity contribution in [1.29, 1.82) is 0 Å². The zero-order chi connectivity index (χ0) is 30.3. The lowest BCUT2D eigenvalue weighted by Crippen LogP contribution is -2.75. The molecule has 5 aromatic rings. The number of nitrogens with zero attached hydrogens (tertiary/aromatic N) is 4. The fraction of sp³-hybridized carbons (Fsp3) is 0.263. The summed E-state index contributed by atoms with van der Waals surface area (Å²) in [6, 6.07) is 33.3. The smallest absolute Gasteiger partial charge is 0.306 e.